The first-order valence-corrected chi connectivity index (χ1v) is 18.3. The van der Waals surface area contributed by atoms with E-state index >= 15 is 4.39 Å². The number of H-pyrrole nitrogens is 1. The number of Topliss-reactive ketones (excluding diaryl/α,β-unsaturated/α-hetero) is 1. The molecule has 3 fully saturated rings. The lowest BCUT2D eigenvalue weighted by Crippen LogP contribution is -2.71. The van der Waals surface area contributed by atoms with Crippen LogP contribution in [0, 0.1) is 11.7 Å². The number of esters is 1. The van der Waals surface area contributed by atoms with Gasteiger partial charge in [0.1, 0.15) is 5.82 Å². The van der Waals surface area contributed by atoms with Crippen molar-refractivity contribution >= 4 is 45.9 Å². The summed E-state index contributed by atoms with van der Waals surface area (Å²) in [6.45, 7) is 2.36. The van der Waals surface area contributed by atoms with E-state index in [1.165, 1.54) is 11.0 Å². The van der Waals surface area contributed by atoms with Gasteiger partial charge in [0.15, 0.2) is 5.78 Å². The number of ketones is 1. The molecule has 2 aromatic carbocycles. The van der Waals surface area contributed by atoms with Gasteiger partial charge in [0.05, 0.1) is 41.4 Å². The standard InChI is InChI=1S/C37H44ClF4N5O5/c1-2-51-35(50)24-9-11-26(12-10-24)52-37(46-13-5-6-14-46,47-17-15-45(16-18-47)23-36(40,41)42)33(48)20-25-19-29(38)32(21-30(25)39)44-34(49)28-22-43-31-8-4-3-7-27(28)31/h3-4,7-8,19,21-22,24,26,43H,2,5-6,9-18,20,23H2,1H3,(H,44,49). The molecule has 1 aromatic heterocycles. The summed E-state index contributed by atoms with van der Waals surface area (Å²) in [5.41, 5.74) is 1.14. The molecule has 3 aromatic rings. The van der Waals surface area contributed by atoms with Crippen molar-refractivity contribution in [2.75, 3.05) is 57.7 Å². The van der Waals surface area contributed by atoms with E-state index in [2.05, 4.69) is 10.3 Å². The van der Waals surface area contributed by atoms with Crippen molar-refractivity contribution in [3.8, 4) is 0 Å². The second-order valence-electron chi connectivity index (χ2n) is 13.7. The summed E-state index contributed by atoms with van der Waals surface area (Å²) in [4.78, 5) is 48.5. The Labute approximate surface area is 304 Å². The second kappa shape index (κ2) is 16.2. The highest BCUT2D eigenvalue weighted by Crippen LogP contribution is 2.38. The third-order valence-corrected chi connectivity index (χ3v) is 10.6. The van der Waals surface area contributed by atoms with Crippen LogP contribution in [0.3, 0.4) is 0 Å². The average molecular weight is 750 g/mol. The molecule has 3 aliphatic rings. The fourth-order valence-corrected chi connectivity index (χ4v) is 7.95. The molecule has 282 valence electrons. The van der Waals surface area contributed by atoms with Gasteiger partial charge in [-0.05, 0) is 69.2 Å². The fourth-order valence-electron chi connectivity index (χ4n) is 7.72. The minimum atomic E-state index is -4.37. The highest BCUT2D eigenvalue weighted by atomic mass is 35.5. The number of halogens is 5. The number of carbonyl (C=O) groups excluding carboxylic acids is 3. The van der Waals surface area contributed by atoms with Gasteiger partial charge in [-0.15, -0.1) is 0 Å². The number of piperazine rings is 1. The zero-order valence-electron chi connectivity index (χ0n) is 29.1. The molecule has 2 aliphatic heterocycles. The highest BCUT2D eigenvalue weighted by Gasteiger charge is 2.53. The monoisotopic (exact) mass is 749 g/mol. The quantitative estimate of drug-likeness (QED) is 0.162. The van der Waals surface area contributed by atoms with Crippen LogP contribution in [0.4, 0.5) is 23.2 Å². The van der Waals surface area contributed by atoms with E-state index in [4.69, 9.17) is 21.1 Å². The molecule has 3 heterocycles. The van der Waals surface area contributed by atoms with Crippen LogP contribution in [-0.4, -0.2) is 108 Å². The van der Waals surface area contributed by atoms with Crippen LogP contribution >= 0.6 is 11.6 Å². The second-order valence-corrected chi connectivity index (χ2v) is 14.2. The average Bonchev–Trinajstić information content (AvgIpc) is 3.81. The van der Waals surface area contributed by atoms with E-state index in [9.17, 15) is 27.6 Å². The van der Waals surface area contributed by atoms with Gasteiger partial charge in [-0.25, -0.2) is 4.39 Å². The summed E-state index contributed by atoms with van der Waals surface area (Å²) in [6.07, 6.45) is -0.126. The lowest BCUT2D eigenvalue weighted by molar-refractivity contribution is -0.262. The molecule has 0 bridgehead atoms. The molecule has 2 N–H and O–H groups in total. The summed E-state index contributed by atoms with van der Waals surface area (Å²) in [5, 5.41) is 3.39. The number of para-hydroxylation sites is 1. The smallest absolute Gasteiger partial charge is 0.401 e. The Morgan fingerprint density at radius 2 is 1.63 bits per heavy atom. The Kier molecular flexibility index (Phi) is 11.9. The van der Waals surface area contributed by atoms with E-state index < -0.39 is 48.6 Å². The number of hydrogen-bond donors (Lipinski definition) is 2. The zero-order chi connectivity index (χ0) is 37.0. The number of hydrogen-bond acceptors (Lipinski definition) is 8. The van der Waals surface area contributed by atoms with Gasteiger partial charge in [-0.3, -0.25) is 29.1 Å². The lowest BCUT2D eigenvalue weighted by atomic mass is 9.87. The number of anilines is 1. The SMILES string of the molecule is CCOC(=O)C1CCC(OC(C(=O)Cc2cc(Cl)c(NC(=O)c3c[nH]c4ccccc34)cc2F)(N2CCCC2)N2CCN(CC(F)(F)F)CC2)CC1. The van der Waals surface area contributed by atoms with E-state index in [0.29, 0.717) is 49.7 Å². The molecule has 2 saturated heterocycles. The molecule has 1 unspecified atom stereocenters. The number of alkyl halides is 3. The van der Waals surface area contributed by atoms with Crippen LogP contribution in [0.25, 0.3) is 10.9 Å². The molecule has 1 saturated carbocycles. The Morgan fingerprint density at radius 3 is 2.31 bits per heavy atom. The molecular formula is C37H44ClF4N5O5. The number of likely N-dealkylation sites (tertiary alicyclic amines) is 1. The van der Waals surface area contributed by atoms with Gasteiger partial charge < -0.3 is 19.8 Å². The predicted molar refractivity (Wildman–Crippen MR) is 187 cm³/mol. The van der Waals surface area contributed by atoms with Gasteiger partial charge >= 0.3 is 12.1 Å². The molecule has 1 atom stereocenters. The highest BCUT2D eigenvalue weighted by molar-refractivity contribution is 6.34. The summed E-state index contributed by atoms with van der Waals surface area (Å²) in [7, 11) is 0. The normalized spacial score (nSPS) is 22.0. The van der Waals surface area contributed by atoms with E-state index in [-0.39, 0.29) is 60.9 Å². The van der Waals surface area contributed by atoms with Crippen LogP contribution in [0.1, 0.15) is 61.4 Å². The number of carbonyl (C=O) groups is 3. The third-order valence-electron chi connectivity index (χ3n) is 10.3. The fraction of sp³-hybridized carbons (Fsp3) is 0.541. The Morgan fingerprint density at radius 1 is 0.962 bits per heavy atom. The minimum Gasteiger partial charge on any atom is -0.466 e. The van der Waals surface area contributed by atoms with Gasteiger partial charge in [-0.1, -0.05) is 29.8 Å². The first-order valence-electron chi connectivity index (χ1n) is 17.9. The van der Waals surface area contributed by atoms with Gasteiger partial charge in [0.25, 0.3) is 5.91 Å². The number of nitrogens with zero attached hydrogens (tertiary/aromatic N) is 3. The van der Waals surface area contributed by atoms with Crippen LogP contribution < -0.4 is 5.32 Å². The Hall–Kier alpha value is -3.56. The van der Waals surface area contributed by atoms with Crippen molar-refractivity contribution in [1.82, 2.24) is 19.7 Å². The topological polar surface area (TPSA) is 107 Å². The first kappa shape index (κ1) is 38.2. The number of ether oxygens (including phenoxy) is 2. The van der Waals surface area contributed by atoms with Gasteiger partial charge in [0, 0.05) is 62.8 Å². The lowest BCUT2D eigenvalue weighted by Gasteiger charge is -2.52. The molecule has 15 heteroatoms. The maximum Gasteiger partial charge on any atom is 0.401 e. The Bertz CT molecular complexity index is 1750. The minimum absolute atomic E-state index is 0.00556. The molecule has 1 aliphatic carbocycles. The van der Waals surface area contributed by atoms with Crippen molar-refractivity contribution in [2.24, 2.45) is 5.92 Å². The number of benzene rings is 2. The summed E-state index contributed by atoms with van der Waals surface area (Å²) >= 11 is 6.60. The van der Waals surface area contributed by atoms with E-state index in [1.807, 2.05) is 17.0 Å². The van der Waals surface area contributed by atoms with E-state index in [0.717, 1.165) is 24.4 Å². The van der Waals surface area contributed by atoms with Gasteiger partial charge in [0.2, 0.25) is 5.85 Å². The van der Waals surface area contributed by atoms with Crippen LogP contribution in [0.5, 0.6) is 0 Å². The van der Waals surface area contributed by atoms with E-state index in [1.54, 1.807) is 30.2 Å². The molecule has 52 heavy (non-hydrogen) atoms. The summed E-state index contributed by atoms with van der Waals surface area (Å²) < 4.78 is 67.9. The third kappa shape index (κ3) is 8.46. The van der Waals surface area contributed by atoms with Crippen LogP contribution in [0.2, 0.25) is 5.02 Å². The number of nitrogens with one attached hydrogen (secondary N) is 2. The molecular weight excluding hydrogens is 706 g/mol. The molecule has 0 spiro atoms. The number of rotatable bonds is 12. The number of aromatic amines is 1. The summed E-state index contributed by atoms with van der Waals surface area (Å²) in [6, 6.07) is 9.65. The van der Waals surface area contributed by atoms with Crippen molar-refractivity contribution in [3.05, 3.63) is 64.6 Å². The molecule has 10 nitrogen and oxygen atoms in total. The molecule has 6 rings (SSSR count). The van der Waals surface area contributed by atoms with Crippen molar-refractivity contribution < 1.29 is 41.4 Å². The first-order chi connectivity index (χ1) is 24.9. The Balaban J connectivity index is 1.26. The number of amides is 1. The summed E-state index contributed by atoms with van der Waals surface area (Å²) in [5.74, 6) is -3.94. The zero-order valence-corrected chi connectivity index (χ0v) is 29.8. The predicted octanol–water partition coefficient (Wildman–Crippen LogP) is 6.39. The molecule has 0 radical (unpaired) electrons. The van der Waals surface area contributed by atoms with Crippen molar-refractivity contribution in [3.63, 3.8) is 0 Å². The maximum atomic E-state index is 15.9. The van der Waals surface area contributed by atoms with Gasteiger partial charge in [-0.2, -0.15) is 13.2 Å². The maximum absolute atomic E-state index is 15.9. The van der Waals surface area contributed by atoms with Crippen molar-refractivity contribution in [1.29, 1.82) is 0 Å². The number of fused-ring (bicyclic) bond motifs is 1. The number of aromatic nitrogens is 1. The molecule has 1 amide bonds. The van der Waals surface area contributed by atoms with Crippen LogP contribution in [0.15, 0.2) is 42.6 Å². The van der Waals surface area contributed by atoms with Crippen molar-refractivity contribution in [2.45, 2.75) is 70.0 Å². The van der Waals surface area contributed by atoms with Crippen LogP contribution in [-0.2, 0) is 25.5 Å². The largest absolute Gasteiger partial charge is 0.466 e.